The summed E-state index contributed by atoms with van der Waals surface area (Å²) in [5.41, 5.74) is 2.26. The van der Waals surface area contributed by atoms with E-state index in [1.807, 2.05) is 42.7 Å². The molecule has 0 unspecified atom stereocenters. The van der Waals surface area contributed by atoms with Gasteiger partial charge in [-0.25, -0.2) is 0 Å². The minimum Gasteiger partial charge on any atom is -0.497 e. The number of pyridine rings is 1. The smallest absolute Gasteiger partial charge is 0.119 e. The van der Waals surface area contributed by atoms with Gasteiger partial charge in [-0.3, -0.25) is 4.98 Å². The van der Waals surface area contributed by atoms with Gasteiger partial charge in [0, 0.05) is 30.0 Å². The van der Waals surface area contributed by atoms with Crippen LogP contribution in [0.25, 0.3) is 10.8 Å². The summed E-state index contributed by atoms with van der Waals surface area (Å²) in [6.07, 6.45) is 3.81. The van der Waals surface area contributed by atoms with E-state index >= 15 is 0 Å². The first-order valence-electron chi connectivity index (χ1n) is 6.56. The normalized spacial score (nSPS) is 10.4. The van der Waals surface area contributed by atoms with Gasteiger partial charge in [-0.15, -0.1) is 0 Å². The average molecular weight is 264 g/mol. The zero-order valence-electron chi connectivity index (χ0n) is 11.3. The summed E-state index contributed by atoms with van der Waals surface area (Å²) in [4.78, 5) is 4.29. The first-order chi connectivity index (χ1) is 9.86. The number of hydrogen-bond donors (Lipinski definition) is 1. The minimum absolute atomic E-state index is 0.751. The Labute approximate surface area is 118 Å². The van der Waals surface area contributed by atoms with Crippen molar-refractivity contribution in [1.82, 2.24) is 4.98 Å². The first-order valence-corrected chi connectivity index (χ1v) is 6.56. The molecule has 2 aromatic carbocycles. The molecule has 1 N–H and O–H groups in total. The fourth-order valence-corrected chi connectivity index (χ4v) is 2.23. The third-order valence-corrected chi connectivity index (χ3v) is 3.32. The van der Waals surface area contributed by atoms with Crippen LogP contribution in [0.1, 0.15) is 5.56 Å². The van der Waals surface area contributed by atoms with Crippen molar-refractivity contribution in [3.8, 4) is 5.75 Å². The number of fused-ring (bicyclic) bond motifs is 1. The molecule has 0 spiro atoms. The highest BCUT2D eigenvalue weighted by Crippen LogP contribution is 2.19. The van der Waals surface area contributed by atoms with E-state index in [-0.39, 0.29) is 0 Å². The van der Waals surface area contributed by atoms with Gasteiger partial charge in [-0.05, 0) is 35.2 Å². The lowest BCUT2D eigenvalue weighted by molar-refractivity contribution is 0.415. The van der Waals surface area contributed by atoms with Gasteiger partial charge in [0.25, 0.3) is 0 Å². The van der Waals surface area contributed by atoms with E-state index in [2.05, 4.69) is 28.5 Å². The Morgan fingerprint density at radius 2 is 1.80 bits per heavy atom. The molecule has 3 nitrogen and oxygen atoms in total. The molecular weight excluding hydrogens is 248 g/mol. The fraction of sp³-hybridized carbons (Fsp3) is 0.118. The van der Waals surface area contributed by atoms with E-state index in [1.165, 1.54) is 16.3 Å². The summed E-state index contributed by atoms with van der Waals surface area (Å²) >= 11 is 0. The Morgan fingerprint density at radius 3 is 2.60 bits per heavy atom. The van der Waals surface area contributed by atoms with Crippen molar-refractivity contribution in [2.45, 2.75) is 6.54 Å². The van der Waals surface area contributed by atoms with E-state index in [0.717, 1.165) is 18.0 Å². The number of aromatic nitrogens is 1. The number of benzene rings is 2. The van der Waals surface area contributed by atoms with Crippen LogP contribution in [-0.4, -0.2) is 12.1 Å². The maximum Gasteiger partial charge on any atom is 0.119 e. The van der Waals surface area contributed by atoms with E-state index in [4.69, 9.17) is 4.74 Å². The Morgan fingerprint density at radius 1 is 1.00 bits per heavy atom. The minimum atomic E-state index is 0.751. The van der Waals surface area contributed by atoms with E-state index in [0.29, 0.717) is 0 Å². The van der Waals surface area contributed by atoms with Crippen LogP contribution in [0.2, 0.25) is 0 Å². The van der Waals surface area contributed by atoms with Gasteiger partial charge < -0.3 is 10.1 Å². The fourth-order valence-electron chi connectivity index (χ4n) is 2.23. The summed E-state index contributed by atoms with van der Waals surface area (Å²) in [5.74, 6) is 0.863. The van der Waals surface area contributed by atoms with Crippen LogP contribution in [0.15, 0.2) is 60.9 Å². The molecular formula is C17H16N2O. The zero-order chi connectivity index (χ0) is 13.8. The summed E-state index contributed by atoms with van der Waals surface area (Å²) in [5, 5.41) is 5.82. The topological polar surface area (TPSA) is 34.1 Å². The quantitative estimate of drug-likeness (QED) is 0.777. The van der Waals surface area contributed by atoms with Crippen molar-refractivity contribution < 1.29 is 4.74 Å². The van der Waals surface area contributed by atoms with Gasteiger partial charge in [0.2, 0.25) is 0 Å². The van der Waals surface area contributed by atoms with Gasteiger partial charge in [0.15, 0.2) is 0 Å². The van der Waals surface area contributed by atoms with Gasteiger partial charge in [0.1, 0.15) is 5.75 Å². The molecule has 0 aliphatic heterocycles. The summed E-state index contributed by atoms with van der Waals surface area (Å²) in [7, 11) is 1.67. The van der Waals surface area contributed by atoms with Crippen LogP contribution in [0.3, 0.4) is 0 Å². The maximum atomic E-state index is 5.15. The second-order valence-corrected chi connectivity index (χ2v) is 4.60. The molecule has 0 aliphatic carbocycles. The van der Waals surface area contributed by atoms with Crippen LogP contribution < -0.4 is 10.1 Å². The molecule has 1 heterocycles. The molecule has 0 radical (unpaired) electrons. The Hall–Kier alpha value is -2.55. The van der Waals surface area contributed by atoms with Crippen molar-refractivity contribution in [3.05, 3.63) is 66.5 Å². The van der Waals surface area contributed by atoms with Gasteiger partial charge in [-0.1, -0.05) is 24.3 Å². The zero-order valence-corrected chi connectivity index (χ0v) is 11.3. The molecule has 0 saturated carbocycles. The third kappa shape index (κ3) is 2.57. The third-order valence-electron chi connectivity index (χ3n) is 3.32. The lowest BCUT2D eigenvalue weighted by Gasteiger charge is -2.09. The molecule has 0 atom stereocenters. The molecule has 3 heteroatoms. The van der Waals surface area contributed by atoms with Crippen LogP contribution in [0, 0.1) is 0 Å². The van der Waals surface area contributed by atoms with Crippen LogP contribution in [-0.2, 0) is 6.54 Å². The number of nitrogens with one attached hydrogen (secondary N) is 1. The lowest BCUT2D eigenvalue weighted by atomic mass is 10.1. The largest absolute Gasteiger partial charge is 0.497 e. The van der Waals surface area contributed by atoms with Crippen molar-refractivity contribution in [2.75, 3.05) is 12.4 Å². The molecule has 3 aromatic rings. The maximum absolute atomic E-state index is 5.15. The van der Waals surface area contributed by atoms with Crippen molar-refractivity contribution >= 4 is 16.5 Å². The van der Waals surface area contributed by atoms with Crippen molar-refractivity contribution in [3.63, 3.8) is 0 Å². The summed E-state index contributed by atoms with van der Waals surface area (Å²) in [6, 6.07) is 16.2. The Kier molecular flexibility index (Phi) is 3.50. The molecule has 0 saturated heterocycles. The highest BCUT2D eigenvalue weighted by Gasteiger charge is 2.01. The number of anilines is 1. The number of rotatable bonds is 4. The monoisotopic (exact) mass is 264 g/mol. The second kappa shape index (κ2) is 5.61. The number of methoxy groups -OCH3 is 1. The Balaban J connectivity index is 1.79. The predicted molar refractivity (Wildman–Crippen MR) is 82.1 cm³/mol. The van der Waals surface area contributed by atoms with E-state index in [9.17, 15) is 0 Å². The average Bonchev–Trinajstić information content (AvgIpc) is 2.53. The van der Waals surface area contributed by atoms with Crippen LogP contribution >= 0.6 is 0 Å². The molecule has 3 rings (SSSR count). The summed E-state index contributed by atoms with van der Waals surface area (Å²) in [6.45, 7) is 0.751. The van der Waals surface area contributed by atoms with Gasteiger partial charge in [-0.2, -0.15) is 0 Å². The SMILES string of the molecule is COc1ccc(NCc2cncc3ccccc23)cc1. The van der Waals surface area contributed by atoms with Crippen molar-refractivity contribution in [1.29, 1.82) is 0 Å². The molecule has 1 aromatic heterocycles. The molecule has 20 heavy (non-hydrogen) atoms. The van der Waals surface area contributed by atoms with E-state index in [1.54, 1.807) is 7.11 Å². The number of hydrogen-bond acceptors (Lipinski definition) is 3. The lowest BCUT2D eigenvalue weighted by Crippen LogP contribution is -2.00. The summed E-state index contributed by atoms with van der Waals surface area (Å²) < 4.78 is 5.15. The molecule has 0 amide bonds. The molecule has 0 fully saturated rings. The Bertz CT molecular complexity index is 702. The highest BCUT2D eigenvalue weighted by atomic mass is 16.5. The van der Waals surface area contributed by atoms with Crippen molar-refractivity contribution in [2.24, 2.45) is 0 Å². The van der Waals surface area contributed by atoms with Crippen LogP contribution in [0.4, 0.5) is 5.69 Å². The number of ether oxygens (including phenoxy) is 1. The van der Waals surface area contributed by atoms with Gasteiger partial charge >= 0.3 is 0 Å². The number of nitrogens with zero attached hydrogens (tertiary/aromatic N) is 1. The van der Waals surface area contributed by atoms with Gasteiger partial charge in [0.05, 0.1) is 7.11 Å². The second-order valence-electron chi connectivity index (χ2n) is 4.60. The molecule has 0 bridgehead atoms. The van der Waals surface area contributed by atoms with E-state index < -0.39 is 0 Å². The highest BCUT2D eigenvalue weighted by molar-refractivity contribution is 5.84. The standard InChI is InChI=1S/C17H16N2O/c1-20-16-8-6-15(7-9-16)19-12-14-11-18-10-13-4-2-3-5-17(13)14/h2-11,19H,12H2,1H3. The van der Waals surface area contributed by atoms with Crippen LogP contribution in [0.5, 0.6) is 5.75 Å². The molecule has 0 aliphatic rings. The predicted octanol–water partition coefficient (Wildman–Crippen LogP) is 3.86. The molecule has 100 valence electrons. The first kappa shape index (κ1) is 12.5.